The number of sulfone groups is 1. The van der Waals surface area contributed by atoms with Crippen LogP contribution in [0, 0.1) is 11.3 Å². The largest absolute Gasteiger partial charge is 1.00 e. The van der Waals surface area contributed by atoms with Gasteiger partial charge in [-0.2, -0.15) is 5.26 Å². The maximum atomic E-state index is 11.2. The summed E-state index contributed by atoms with van der Waals surface area (Å²) in [6.45, 7) is 2.43. The molecule has 1 heterocycles. The molecule has 1 aromatic heterocycles. The van der Waals surface area contributed by atoms with E-state index >= 15 is 0 Å². The lowest BCUT2D eigenvalue weighted by atomic mass is 10.3. The molecule has 0 saturated heterocycles. The molecule has 0 aliphatic rings. The molecule has 0 aliphatic heterocycles. The number of rotatable bonds is 3. The van der Waals surface area contributed by atoms with Crippen LogP contribution in [0.1, 0.15) is 6.92 Å². The molecule has 0 bridgehead atoms. The van der Waals surface area contributed by atoms with Crippen LogP contribution in [-0.4, -0.2) is 14.7 Å². The van der Waals surface area contributed by atoms with Gasteiger partial charge in [-0.25, -0.2) is 13.0 Å². The third-order valence-corrected chi connectivity index (χ3v) is 3.16. The van der Waals surface area contributed by atoms with Crippen LogP contribution in [0.15, 0.2) is 41.1 Å². The lowest BCUT2D eigenvalue weighted by Gasteiger charge is -1.98. The van der Waals surface area contributed by atoms with Crippen LogP contribution >= 0.6 is 0 Å². The van der Waals surface area contributed by atoms with Crippen LogP contribution in [0.25, 0.3) is 0 Å². The SMILES string of the molecule is C/C(=C\C#N)C[n+]1ccc(S(C)(=O)=O)cc1.[Br-]. The molecule has 1 aromatic rings. The van der Waals surface area contributed by atoms with Crippen molar-refractivity contribution < 1.29 is 30.0 Å². The Balaban J connectivity index is 0.00000256. The van der Waals surface area contributed by atoms with Gasteiger partial charge in [-0.05, 0) is 6.92 Å². The zero-order valence-electron chi connectivity index (χ0n) is 9.59. The maximum Gasteiger partial charge on any atom is 0.175 e. The number of nitriles is 1. The van der Waals surface area contributed by atoms with E-state index in [4.69, 9.17) is 5.26 Å². The van der Waals surface area contributed by atoms with Gasteiger partial charge in [-0.15, -0.1) is 0 Å². The van der Waals surface area contributed by atoms with Crippen molar-refractivity contribution >= 4 is 9.84 Å². The summed E-state index contributed by atoms with van der Waals surface area (Å²) in [4.78, 5) is 0.297. The molecule has 17 heavy (non-hydrogen) atoms. The smallest absolute Gasteiger partial charge is 0.175 e. The lowest BCUT2D eigenvalue weighted by Crippen LogP contribution is -3.00. The molecule has 4 nitrogen and oxygen atoms in total. The molecular formula is C11H13BrN2O2S. The molecule has 0 saturated carbocycles. The molecule has 0 fully saturated rings. The van der Waals surface area contributed by atoms with Crippen molar-refractivity contribution in [1.82, 2.24) is 0 Å². The van der Waals surface area contributed by atoms with E-state index in [9.17, 15) is 8.42 Å². The molecule has 6 heteroatoms. The molecular weight excluding hydrogens is 304 g/mol. The monoisotopic (exact) mass is 316 g/mol. The van der Waals surface area contributed by atoms with Crippen LogP contribution in [0.2, 0.25) is 0 Å². The van der Waals surface area contributed by atoms with E-state index in [1.807, 2.05) is 17.6 Å². The van der Waals surface area contributed by atoms with Crippen LogP contribution in [0.3, 0.4) is 0 Å². The first-order valence-electron chi connectivity index (χ1n) is 4.68. The zero-order valence-corrected chi connectivity index (χ0v) is 12.0. The first-order chi connectivity index (χ1) is 7.43. The van der Waals surface area contributed by atoms with Gasteiger partial charge in [0.1, 0.15) is 0 Å². The fourth-order valence-electron chi connectivity index (χ4n) is 1.24. The van der Waals surface area contributed by atoms with Gasteiger partial charge < -0.3 is 17.0 Å². The van der Waals surface area contributed by atoms with Crippen molar-refractivity contribution in [3.63, 3.8) is 0 Å². The van der Waals surface area contributed by atoms with Crippen LogP contribution in [0.5, 0.6) is 0 Å². The van der Waals surface area contributed by atoms with Gasteiger partial charge in [0.25, 0.3) is 0 Å². The van der Waals surface area contributed by atoms with Gasteiger partial charge in [0.05, 0.1) is 11.0 Å². The van der Waals surface area contributed by atoms with Crippen molar-refractivity contribution in [3.8, 4) is 6.07 Å². The lowest BCUT2D eigenvalue weighted by molar-refractivity contribution is -0.689. The van der Waals surface area contributed by atoms with Crippen LogP contribution < -0.4 is 21.5 Å². The zero-order chi connectivity index (χ0) is 12.2. The minimum atomic E-state index is -3.14. The number of hydrogen-bond acceptors (Lipinski definition) is 3. The minimum Gasteiger partial charge on any atom is -1.00 e. The summed E-state index contributed by atoms with van der Waals surface area (Å²) in [6, 6.07) is 5.05. The Labute approximate surface area is 112 Å². The Morgan fingerprint density at radius 2 is 2.00 bits per heavy atom. The molecule has 0 unspecified atom stereocenters. The second kappa shape index (κ2) is 6.52. The fourth-order valence-corrected chi connectivity index (χ4v) is 1.86. The molecule has 0 aliphatic carbocycles. The summed E-state index contributed by atoms with van der Waals surface area (Å²) in [7, 11) is -3.14. The summed E-state index contributed by atoms with van der Waals surface area (Å²) >= 11 is 0. The maximum absolute atomic E-state index is 11.2. The highest BCUT2D eigenvalue weighted by Gasteiger charge is 2.09. The second-order valence-electron chi connectivity index (χ2n) is 3.60. The molecule has 92 valence electrons. The first-order valence-corrected chi connectivity index (χ1v) is 6.57. The predicted molar refractivity (Wildman–Crippen MR) is 59.1 cm³/mol. The standard InChI is InChI=1S/C11H13N2O2S.BrH/c1-10(3-6-12)9-13-7-4-11(5-8-13)16(2,14)15;/h3-5,7-8H,9H2,1-2H3;1H/q+1;/p-1/b10-3+;. The molecule has 0 N–H and O–H groups in total. The number of hydrogen-bond donors (Lipinski definition) is 0. The van der Waals surface area contributed by atoms with E-state index in [0.717, 1.165) is 5.57 Å². The van der Waals surface area contributed by atoms with E-state index in [2.05, 4.69) is 0 Å². The number of halogens is 1. The Hall–Kier alpha value is -1.19. The van der Waals surface area contributed by atoms with E-state index in [0.29, 0.717) is 11.4 Å². The van der Waals surface area contributed by atoms with Gasteiger partial charge in [-0.1, -0.05) is 0 Å². The summed E-state index contributed by atoms with van der Waals surface area (Å²) in [6.07, 6.45) is 6.02. The number of nitrogens with zero attached hydrogens (tertiary/aromatic N) is 2. The first kappa shape index (κ1) is 15.8. The quantitative estimate of drug-likeness (QED) is 0.472. The normalized spacial score (nSPS) is 11.5. The predicted octanol–water partition coefficient (Wildman–Crippen LogP) is -2.15. The summed E-state index contributed by atoms with van der Waals surface area (Å²) < 4.78 is 24.2. The number of pyridine rings is 1. The van der Waals surface area contributed by atoms with E-state index in [1.54, 1.807) is 24.5 Å². The minimum absolute atomic E-state index is 0. The van der Waals surface area contributed by atoms with Gasteiger partial charge in [0.2, 0.25) is 0 Å². The van der Waals surface area contributed by atoms with Crippen LogP contribution in [0.4, 0.5) is 0 Å². The molecule has 1 rings (SSSR count). The average Bonchev–Trinajstić information content (AvgIpc) is 2.17. The van der Waals surface area contributed by atoms with Crippen molar-refractivity contribution in [3.05, 3.63) is 36.2 Å². The third-order valence-electron chi connectivity index (χ3n) is 2.03. The van der Waals surface area contributed by atoms with Crippen molar-refractivity contribution in [2.75, 3.05) is 6.26 Å². The molecule has 0 amide bonds. The Morgan fingerprint density at radius 3 is 2.41 bits per heavy atom. The van der Waals surface area contributed by atoms with Gasteiger partial charge >= 0.3 is 0 Å². The van der Waals surface area contributed by atoms with E-state index < -0.39 is 9.84 Å². The van der Waals surface area contributed by atoms with Crippen molar-refractivity contribution in [2.24, 2.45) is 0 Å². The van der Waals surface area contributed by atoms with Gasteiger partial charge in [0.15, 0.2) is 28.8 Å². The number of aromatic nitrogens is 1. The van der Waals surface area contributed by atoms with Crippen molar-refractivity contribution in [1.29, 1.82) is 5.26 Å². The summed E-state index contributed by atoms with van der Waals surface area (Å²) in [5, 5.41) is 8.45. The Bertz CT molecular complexity index is 542. The Kier molecular flexibility index (Phi) is 6.07. The molecule has 0 atom stereocenters. The fraction of sp³-hybridized carbons (Fsp3) is 0.273. The molecule has 0 spiro atoms. The third kappa shape index (κ3) is 5.11. The topological polar surface area (TPSA) is 61.8 Å². The summed E-state index contributed by atoms with van der Waals surface area (Å²) in [5.74, 6) is 0. The second-order valence-corrected chi connectivity index (χ2v) is 5.61. The van der Waals surface area contributed by atoms with Gasteiger partial charge in [-0.3, -0.25) is 0 Å². The highest BCUT2D eigenvalue weighted by Crippen LogP contribution is 2.04. The molecule has 0 radical (unpaired) electrons. The van der Waals surface area contributed by atoms with Crippen LogP contribution in [-0.2, 0) is 16.4 Å². The van der Waals surface area contributed by atoms with Crippen molar-refractivity contribution in [2.45, 2.75) is 18.4 Å². The van der Waals surface area contributed by atoms with E-state index in [-0.39, 0.29) is 17.0 Å². The number of allylic oxidation sites excluding steroid dienone is 2. The Morgan fingerprint density at radius 1 is 1.47 bits per heavy atom. The van der Waals surface area contributed by atoms with Gasteiger partial charge in [0, 0.05) is 30.0 Å². The molecule has 0 aromatic carbocycles. The average molecular weight is 317 g/mol. The summed E-state index contributed by atoms with van der Waals surface area (Å²) in [5.41, 5.74) is 0.916. The highest BCUT2D eigenvalue weighted by atomic mass is 79.9. The highest BCUT2D eigenvalue weighted by molar-refractivity contribution is 7.90. The van der Waals surface area contributed by atoms with E-state index in [1.165, 1.54) is 12.3 Å².